The Balaban J connectivity index is 1.79. The highest BCUT2D eigenvalue weighted by atomic mass is 19.4. The van der Waals surface area contributed by atoms with Gasteiger partial charge in [-0.2, -0.15) is 13.2 Å². The third kappa shape index (κ3) is 8.18. The molecule has 0 saturated carbocycles. The molecule has 0 fully saturated rings. The highest BCUT2D eigenvalue weighted by molar-refractivity contribution is 5.67. The second-order valence-corrected chi connectivity index (χ2v) is 11.6. The number of aromatic nitrogens is 2. The minimum Gasteiger partial charge on any atom is -0.493 e. The monoisotopic (exact) mass is 655 g/mol. The summed E-state index contributed by atoms with van der Waals surface area (Å²) in [5, 5.41) is 8.89. The first-order valence-electron chi connectivity index (χ1n) is 15.2. The number of carboxylic acid groups (broad SMARTS) is 1. The lowest BCUT2D eigenvalue weighted by Gasteiger charge is -2.21. The number of para-hydroxylation sites is 1. The molecule has 3 N–H and O–H groups in total. The van der Waals surface area contributed by atoms with Gasteiger partial charge >= 0.3 is 17.8 Å². The van der Waals surface area contributed by atoms with Crippen LogP contribution < -0.4 is 21.7 Å². The molecule has 0 spiro atoms. The Morgan fingerprint density at radius 3 is 2.38 bits per heavy atom. The molecular weight excluding hydrogens is 618 g/mol. The minimum absolute atomic E-state index is 0.0622. The van der Waals surface area contributed by atoms with Crippen LogP contribution in [0.15, 0.2) is 76.3 Å². The summed E-state index contributed by atoms with van der Waals surface area (Å²) in [5.41, 5.74) is 5.15. The van der Waals surface area contributed by atoms with E-state index in [4.69, 9.17) is 15.6 Å². The van der Waals surface area contributed by atoms with E-state index in [1.165, 1.54) is 6.92 Å². The fourth-order valence-corrected chi connectivity index (χ4v) is 5.46. The maximum Gasteiger partial charge on any atom is 0.416 e. The van der Waals surface area contributed by atoms with Crippen molar-refractivity contribution in [1.29, 1.82) is 0 Å². The Labute approximate surface area is 269 Å². The zero-order chi connectivity index (χ0) is 34.5. The van der Waals surface area contributed by atoms with Gasteiger partial charge in [0.1, 0.15) is 11.6 Å². The minimum atomic E-state index is -4.88. The fraction of sp³-hybridized carbons (Fsp3) is 0.343. The van der Waals surface area contributed by atoms with Crippen molar-refractivity contribution in [3.8, 4) is 16.9 Å². The number of benzene rings is 3. The van der Waals surface area contributed by atoms with Crippen LogP contribution in [0.5, 0.6) is 5.75 Å². The molecule has 250 valence electrons. The maximum absolute atomic E-state index is 15.0. The van der Waals surface area contributed by atoms with E-state index in [1.807, 2.05) is 19.9 Å². The molecule has 1 aromatic heterocycles. The van der Waals surface area contributed by atoms with E-state index < -0.39 is 52.9 Å². The second kappa shape index (κ2) is 14.8. The Bertz CT molecular complexity index is 1860. The van der Waals surface area contributed by atoms with Crippen LogP contribution in [0, 0.1) is 12.7 Å². The Kier molecular flexibility index (Phi) is 11.1. The van der Waals surface area contributed by atoms with Crippen molar-refractivity contribution in [3.63, 3.8) is 0 Å². The highest BCUT2D eigenvalue weighted by Crippen LogP contribution is 2.34. The Morgan fingerprint density at radius 2 is 1.70 bits per heavy atom. The van der Waals surface area contributed by atoms with E-state index in [9.17, 15) is 31.9 Å². The average Bonchev–Trinajstić information content (AvgIpc) is 3.01. The summed E-state index contributed by atoms with van der Waals surface area (Å²) in [4.78, 5) is 38.8. The van der Waals surface area contributed by atoms with Crippen LogP contribution in [0.2, 0.25) is 0 Å². The molecule has 0 radical (unpaired) electrons. The lowest BCUT2D eigenvalue weighted by Crippen LogP contribution is -2.43. The molecule has 4 aromatic rings. The van der Waals surface area contributed by atoms with E-state index in [0.717, 1.165) is 32.9 Å². The van der Waals surface area contributed by atoms with Gasteiger partial charge in [0.25, 0.3) is 5.56 Å². The number of carboxylic acids is 1. The second-order valence-electron chi connectivity index (χ2n) is 11.6. The number of aliphatic carboxylic acids is 1. The molecule has 1 atom stereocenters. The topological polar surface area (TPSA) is 117 Å². The molecule has 47 heavy (non-hydrogen) atoms. The first-order valence-corrected chi connectivity index (χ1v) is 15.2. The van der Waals surface area contributed by atoms with Gasteiger partial charge in [-0.25, -0.2) is 9.18 Å². The molecule has 12 heteroatoms. The van der Waals surface area contributed by atoms with Crippen LogP contribution in [0.3, 0.4) is 0 Å². The summed E-state index contributed by atoms with van der Waals surface area (Å²) in [6.45, 7) is 4.57. The van der Waals surface area contributed by atoms with Gasteiger partial charge in [0, 0.05) is 35.8 Å². The van der Waals surface area contributed by atoms with Gasteiger partial charge in [0.05, 0.1) is 24.3 Å². The third-order valence-electron chi connectivity index (χ3n) is 8.04. The first-order chi connectivity index (χ1) is 22.2. The summed E-state index contributed by atoms with van der Waals surface area (Å²) >= 11 is 0. The number of nitrogens with two attached hydrogens (primary N) is 1. The zero-order valence-electron chi connectivity index (χ0n) is 26.3. The predicted octanol–water partition coefficient (Wildman–Crippen LogP) is 6.65. The molecule has 0 saturated heterocycles. The van der Waals surface area contributed by atoms with Crippen molar-refractivity contribution in [2.24, 2.45) is 5.73 Å². The average molecular weight is 656 g/mol. The Hall–Kier alpha value is -4.71. The van der Waals surface area contributed by atoms with E-state index in [0.29, 0.717) is 16.9 Å². The van der Waals surface area contributed by atoms with Crippen molar-refractivity contribution in [2.45, 2.75) is 71.3 Å². The molecule has 1 heterocycles. The summed E-state index contributed by atoms with van der Waals surface area (Å²) in [7, 11) is 0. The van der Waals surface area contributed by atoms with Crippen LogP contribution in [-0.2, 0) is 24.1 Å². The Morgan fingerprint density at radius 1 is 1.00 bits per heavy atom. The lowest BCUT2D eigenvalue weighted by molar-refractivity contribution is -0.139. The molecule has 0 aliphatic carbocycles. The largest absolute Gasteiger partial charge is 0.493 e. The number of rotatable bonds is 13. The number of hydrogen-bond acceptors (Lipinski definition) is 5. The quantitative estimate of drug-likeness (QED) is 0.123. The van der Waals surface area contributed by atoms with Crippen molar-refractivity contribution in [2.75, 3.05) is 6.61 Å². The summed E-state index contributed by atoms with van der Waals surface area (Å²) in [6, 6.07) is 15.8. The predicted molar refractivity (Wildman–Crippen MR) is 170 cm³/mol. The highest BCUT2D eigenvalue weighted by Gasteiger charge is 2.35. The lowest BCUT2D eigenvalue weighted by atomic mass is 9.97. The molecule has 0 bridgehead atoms. The van der Waals surface area contributed by atoms with Gasteiger partial charge in [-0.05, 0) is 55.0 Å². The van der Waals surface area contributed by atoms with Crippen molar-refractivity contribution in [1.82, 2.24) is 9.13 Å². The normalized spacial score (nSPS) is 12.4. The first kappa shape index (κ1) is 35.1. The van der Waals surface area contributed by atoms with E-state index in [1.54, 1.807) is 42.5 Å². The van der Waals surface area contributed by atoms with Crippen LogP contribution in [-0.4, -0.2) is 26.8 Å². The fourth-order valence-electron chi connectivity index (χ4n) is 5.46. The molecular formula is C35H37F4N3O5. The maximum atomic E-state index is 15.0. The summed E-state index contributed by atoms with van der Waals surface area (Å²) < 4.78 is 64.4. The summed E-state index contributed by atoms with van der Waals surface area (Å²) in [6.07, 6.45) is -4.62. The van der Waals surface area contributed by atoms with Gasteiger partial charge < -0.3 is 15.6 Å². The number of halogens is 4. The van der Waals surface area contributed by atoms with Gasteiger partial charge in [-0.3, -0.25) is 18.7 Å². The van der Waals surface area contributed by atoms with Crippen molar-refractivity contribution >= 4 is 5.97 Å². The van der Waals surface area contributed by atoms with Gasteiger partial charge in [0.2, 0.25) is 0 Å². The molecule has 0 aliphatic rings. The molecule has 0 amide bonds. The van der Waals surface area contributed by atoms with E-state index in [-0.39, 0.29) is 49.6 Å². The number of ether oxygens (including phenoxy) is 1. The van der Waals surface area contributed by atoms with Gasteiger partial charge in [-0.1, -0.05) is 62.4 Å². The van der Waals surface area contributed by atoms with Crippen LogP contribution >= 0.6 is 0 Å². The summed E-state index contributed by atoms with van der Waals surface area (Å²) in [5.74, 6) is -1.56. The van der Waals surface area contributed by atoms with Crippen LogP contribution in [0.25, 0.3) is 11.1 Å². The molecule has 4 rings (SSSR count). The van der Waals surface area contributed by atoms with Crippen molar-refractivity contribution in [3.05, 3.63) is 121 Å². The van der Waals surface area contributed by atoms with E-state index >= 15 is 0 Å². The van der Waals surface area contributed by atoms with E-state index in [2.05, 4.69) is 0 Å². The zero-order valence-corrected chi connectivity index (χ0v) is 26.3. The molecule has 3 aromatic carbocycles. The van der Waals surface area contributed by atoms with Gasteiger partial charge in [0.15, 0.2) is 0 Å². The van der Waals surface area contributed by atoms with Gasteiger partial charge in [-0.15, -0.1) is 0 Å². The smallest absolute Gasteiger partial charge is 0.416 e. The molecule has 8 nitrogen and oxygen atoms in total. The van der Waals surface area contributed by atoms with Crippen LogP contribution in [0.4, 0.5) is 17.6 Å². The SMILES string of the molecule is Cc1c(-c2cccc(C(C)C)c2)c(=O)n(CCC(N)c2ccccc2OCCCC(=O)O)c(=O)n1Cc1c(F)cccc1C(F)(F)F. The van der Waals surface area contributed by atoms with Crippen LogP contribution in [0.1, 0.15) is 73.0 Å². The number of hydrogen-bond donors (Lipinski definition) is 2. The van der Waals surface area contributed by atoms with Crippen molar-refractivity contribution < 1.29 is 32.2 Å². The number of alkyl halides is 3. The standard InChI is InChI=1S/C35H37F4N3O5/c1-21(2)23-9-6-10-24(19-23)32-22(3)42(20-26-27(35(37,38)39)12-7-13-28(26)36)34(46)41(33(32)45)17-16-29(40)25-11-4-5-14-30(25)47-18-8-15-31(43)44/h4-7,9-14,19,21,29H,8,15-18,20,40H2,1-3H3,(H,43,44). The molecule has 1 unspecified atom stereocenters. The third-order valence-corrected chi connectivity index (χ3v) is 8.04. The molecule has 0 aliphatic heterocycles. The number of nitrogens with zero attached hydrogens (tertiary/aromatic N) is 2. The number of carbonyl (C=O) groups is 1.